The molecule has 17 nitrogen and oxygen atoms in total. The summed E-state index contributed by atoms with van der Waals surface area (Å²) in [4.78, 5) is 62.6. The average Bonchev–Trinajstić information content (AvgIpc) is 2.87. The molecule has 0 bridgehead atoms. The highest BCUT2D eigenvalue weighted by Crippen LogP contribution is 2.66. The van der Waals surface area contributed by atoms with Gasteiger partial charge in [-0.15, -0.1) is 0 Å². The van der Waals surface area contributed by atoms with E-state index in [1.807, 2.05) is 0 Å². The molecule has 0 aliphatic carbocycles. The van der Waals surface area contributed by atoms with E-state index in [9.17, 15) is 38.2 Å². The third-order valence-electron chi connectivity index (χ3n) is 3.82. The van der Waals surface area contributed by atoms with E-state index >= 15 is 0 Å². The van der Waals surface area contributed by atoms with Crippen LogP contribution in [0.2, 0.25) is 0 Å². The molecular weight excluding hydrogens is 491 g/mol. The highest BCUT2D eigenvalue weighted by Gasteiger charge is 2.50. The van der Waals surface area contributed by atoms with Gasteiger partial charge in [0, 0.05) is 6.20 Å². The van der Waals surface area contributed by atoms with Gasteiger partial charge in [0.2, 0.25) is 0 Å². The summed E-state index contributed by atoms with van der Waals surface area (Å²) in [5.74, 6) is -1.53. The molecule has 31 heavy (non-hydrogen) atoms. The van der Waals surface area contributed by atoms with Crippen LogP contribution in [0.1, 0.15) is 13.2 Å². The number of rotatable bonds is 9. The molecule has 1 fully saturated rings. The van der Waals surface area contributed by atoms with Crippen LogP contribution in [-0.4, -0.2) is 58.8 Å². The molecule has 0 spiro atoms. The lowest BCUT2D eigenvalue weighted by molar-refractivity contribution is -0.116. The highest BCUT2D eigenvalue weighted by atomic mass is 31.3. The predicted molar refractivity (Wildman–Crippen MR) is 96.8 cm³/mol. The van der Waals surface area contributed by atoms with Crippen LogP contribution in [0.4, 0.5) is 5.82 Å². The van der Waals surface area contributed by atoms with Gasteiger partial charge in [-0.3, -0.25) is 9.09 Å². The summed E-state index contributed by atoms with van der Waals surface area (Å²) in [6.07, 6.45) is -4.85. The number of nitrogens with two attached hydrogens (primary N) is 1. The number of aliphatic hydroxyl groups excluding tert-OH is 1. The molecule has 7 unspecified atom stereocenters. The van der Waals surface area contributed by atoms with Crippen LogP contribution in [0.3, 0.4) is 0 Å². The van der Waals surface area contributed by atoms with Gasteiger partial charge in [0.05, 0.1) is 18.1 Å². The molecule has 0 saturated carbocycles. The number of anilines is 1. The topological polar surface area (TPSA) is 267 Å². The van der Waals surface area contributed by atoms with Crippen molar-refractivity contribution in [3.63, 3.8) is 0 Å². The number of aliphatic hydroxyl groups is 1. The zero-order valence-corrected chi connectivity index (χ0v) is 18.0. The molecule has 0 amide bonds. The zero-order valence-electron chi connectivity index (χ0n) is 15.3. The normalized spacial score (nSPS) is 29.1. The van der Waals surface area contributed by atoms with Gasteiger partial charge in [-0.2, -0.15) is 13.6 Å². The molecule has 1 aromatic rings. The van der Waals surface area contributed by atoms with Crippen LogP contribution >= 0.6 is 23.5 Å². The lowest BCUT2D eigenvalue weighted by atomic mass is 9.96. The Morgan fingerprint density at radius 1 is 1.23 bits per heavy atom. The van der Waals surface area contributed by atoms with E-state index in [-0.39, 0.29) is 12.1 Å². The molecule has 0 aromatic carbocycles. The Morgan fingerprint density at radius 3 is 2.35 bits per heavy atom. The maximum absolute atomic E-state index is 12.0. The number of nitrogens with zero attached hydrogens (tertiary/aromatic N) is 2. The minimum absolute atomic E-state index is 0.127. The number of carbonyl (C=O) groups is 1. The number of nitrogen functional groups attached to an aromatic ring is 1. The summed E-state index contributed by atoms with van der Waals surface area (Å²) in [6, 6.07) is 1.20. The van der Waals surface area contributed by atoms with Crippen molar-refractivity contribution in [1.29, 1.82) is 0 Å². The number of hydrogen-bond acceptors (Lipinski definition) is 12. The fourth-order valence-electron chi connectivity index (χ4n) is 2.72. The van der Waals surface area contributed by atoms with E-state index in [0.29, 0.717) is 0 Å². The minimum Gasteiger partial charge on any atom is -0.388 e. The van der Waals surface area contributed by atoms with E-state index < -0.39 is 59.6 Å². The average molecular weight is 509 g/mol. The van der Waals surface area contributed by atoms with Gasteiger partial charge >= 0.3 is 29.2 Å². The Labute approximate surface area is 172 Å². The monoisotopic (exact) mass is 509 g/mol. The fraction of sp³-hybridized carbons (Fsp3) is 0.545. The molecule has 2 rings (SSSR count). The fourth-order valence-corrected chi connectivity index (χ4v) is 5.92. The minimum atomic E-state index is -5.76. The van der Waals surface area contributed by atoms with Gasteiger partial charge in [0.15, 0.2) is 6.23 Å². The summed E-state index contributed by atoms with van der Waals surface area (Å²) in [5, 5.41) is 10.3. The van der Waals surface area contributed by atoms with Crippen molar-refractivity contribution in [2.75, 3.05) is 5.73 Å². The Kier molecular flexibility index (Phi) is 7.76. The standard InChI is InChI=1S/C11H18N3O14P3/c1-5(26-30(21,22)28-31(23,24)27-29(18,19)20)9-6(4-15)8(16)10(25-9)14-3-2-7(12)13-11(14)17/h2-6,8-10,16H,1H3,(H,21,22)(H,23,24)(H2,12,13,17)(H2,18,19,20). The Hall–Kier alpha value is -1.32. The first-order valence-corrected chi connectivity index (χ1v) is 12.5. The summed E-state index contributed by atoms with van der Waals surface area (Å²) < 4.78 is 52.0. The molecule has 1 saturated heterocycles. The molecule has 1 aromatic heterocycles. The SMILES string of the molecule is CC(OP(=O)(O)OP(=O)(O)OP(=O)(O)O)C1OC(n2ccc(N)nc2=O)C(O)C1C=O. The molecule has 20 heteroatoms. The van der Waals surface area contributed by atoms with E-state index in [1.165, 1.54) is 6.07 Å². The maximum atomic E-state index is 12.0. The highest BCUT2D eigenvalue weighted by molar-refractivity contribution is 7.66. The van der Waals surface area contributed by atoms with Gasteiger partial charge in [-0.05, 0) is 13.0 Å². The molecule has 7 N–H and O–H groups in total. The molecule has 1 aliphatic heterocycles. The lowest BCUT2D eigenvalue weighted by Crippen LogP contribution is -2.35. The number of hydrogen-bond donors (Lipinski definition) is 6. The second-order valence-electron chi connectivity index (χ2n) is 6.14. The number of ether oxygens (including phenoxy) is 1. The van der Waals surface area contributed by atoms with Crippen LogP contribution in [0.5, 0.6) is 0 Å². The van der Waals surface area contributed by atoms with E-state index in [2.05, 4.69) is 18.1 Å². The van der Waals surface area contributed by atoms with Gasteiger partial charge in [0.25, 0.3) is 0 Å². The van der Waals surface area contributed by atoms with E-state index in [4.69, 9.17) is 20.3 Å². The van der Waals surface area contributed by atoms with Crippen molar-refractivity contribution < 1.29 is 61.1 Å². The van der Waals surface area contributed by atoms with Crippen molar-refractivity contribution in [3.05, 3.63) is 22.7 Å². The molecule has 0 radical (unpaired) electrons. The van der Waals surface area contributed by atoms with Crippen LogP contribution in [0.15, 0.2) is 17.1 Å². The first-order chi connectivity index (χ1) is 14.1. The lowest BCUT2D eigenvalue weighted by Gasteiger charge is -2.24. The first kappa shape index (κ1) is 25.9. The van der Waals surface area contributed by atoms with Crippen LogP contribution in [0.25, 0.3) is 0 Å². The van der Waals surface area contributed by atoms with Crippen molar-refractivity contribution in [2.24, 2.45) is 5.92 Å². The predicted octanol–water partition coefficient (Wildman–Crippen LogP) is -1.37. The maximum Gasteiger partial charge on any atom is 0.490 e. The number of aromatic nitrogens is 2. The molecule has 7 atom stereocenters. The van der Waals surface area contributed by atoms with Crippen molar-refractivity contribution >= 4 is 35.6 Å². The van der Waals surface area contributed by atoms with Crippen molar-refractivity contribution in [2.45, 2.75) is 31.5 Å². The van der Waals surface area contributed by atoms with Crippen LogP contribution in [0, 0.1) is 5.92 Å². The molecular formula is C11H18N3O14P3. The van der Waals surface area contributed by atoms with Gasteiger partial charge in [0.1, 0.15) is 18.2 Å². The number of phosphoric ester groups is 1. The van der Waals surface area contributed by atoms with E-state index in [1.54, 1.807) is 0 Å². The number of phosphoric acid groups is 3. The second kappa shape index (κ2) is 9.27. The largest absolute Gasteiger partial charge is 0.490 e. The second-order valence-corrected chi connectivity index (χ2v) is 10.5. The summed E-state index contributed by atoms with van der Waals surface area (Å²) in [6.45, 7) is 1.05. The number of carbonyl (C=O) groups excluding carboxylic acids is 1. The quantitative estimate of drug-likeness (QED) is 0.165. The van der Waals surface area contributed by atoms with Gasteiger partial charge in [-0.1, -0.05) is 0 Å². The molecule has 176 valence electrons. The smallest absolute Gasteiger partial charge is 0.388 e. The van der Waals surface area contributed by atoms with Crippen molar-refractivity contribution in [1.82, 2.24) is 9.55 Å². The van der Waals surface area contributed by atoms with Crippen LogP contribution in [-0.2, 0) is 36.4 Å². The Bertz CT molecular complexity index is 1020. The Balaban J connectivity index is 2.20. The summed E-state index contributed by atoms with van der Waals surface area (Å²) >= 11 is 0. The number of aldehydes is 1. The Morgan fingerprint density at radius 2 is 1.84 bits per heavy atom. The molecule has 2 heterocycles. The third kappa shape index (κ3) is 6.83. The summed E-state index contributed by atoms with van der Waals surface area (Å²) in [7, 11) is -16.9. The summed E-state index contributed by atoms with van der Waals surface area (Å²) in [5.41, 5.74) is 4.43. The van der Waals surface area contributed by atoms with Crippen LogP contribution < -0.4 is 11.4 Å². The molecule has 1 aliphatic rings. The van der Waals surface area contributed by atoms with Crippen molar-refractivity contribution in [3.8, 4) is 0 Å². The van der Waals surface area contributed by atoms with Gasteiger partial charge in [-0.25, -0.2) is 18.5 Å². The van der Waals surface area contributed by atoms with Gasteiger partial charge < -0.3 is 39.9 Å². The van der Waals surface area contributed by atoms with E-state index in [0.717, 1.165) is 17.7 Å². The third-order valence-corrected chi connectivity index (χ3v) is 7.75. The first-order valence-electron chi connectivity index (χ1n) is 8.01. The zero-order chi connectivity index (χ0) is 23.8.